The number of aryl methyl sites for hydroxylation is 1. The average Bonchev–Trinajstić information content (AvgIpc) is 2.84. The Hall–Kier alpha value is -2.12. The van der Waals surface area contributed by atoms with Gasteiger partial charge in [-0.1, -0.05) is 13.8 Å². The van der Waals surface area contributed by atoms with E-state index in [2.05, 4.69) is 25.8 Å². The van der Waals surface area contributed by atoms with Gasteiger partial charge in [-0.25, -0.2) is 14.6 Å². The first kappa shape index (κ1) is 14.9. The largest absolute Gasteiger partial charge is 0.480 e. The van der Waals surface area contributed by atoms with Crippen LogP contribution in [-0.4, -0.2) is 44.9 Å². The van der Waals surface area contributed by atoms with Crippen molar-refractivity contribution >= 4 is 12.0 Å². The second-order valence-corrected chi connectivity index (χ2v) is 4.50. The number of aromatic amines is 1. The SMILES string of the molecule is CC(C)C(NC(=O)NCCCc1ncn[nH]1)C(=O)O. The Morgan fingerprint density at radius 3 is 2.74 bits per heavy atom. The molecule has 1 unspecified atom stereocenters. The zero-order chi connectivity index (χ0) is 14.3. The molecule has 0 aromatic carbocycles. The Morgan fingerprint density at radius 1 is 1.47 bits per heavy atom. The molecular weight excluding hydrogens is 250 g/mol. The molecule has 0 bridgehead atoms. The average molecular weight is 269 g/mol. The van der Waals surface area contributed by atoms with Gasteiger partial charge in [0.2, 0.25) is 0 Å². The number of aromatic nitrogens is 3. The maximum atomic E-state index is 11.5. The zero-order valence-corrected chi connectivity index (χ0v) is 11.0. The molecule has 0 aliphatic carbocycles. The molecular formula is C11H19N5O3. The Labute approximate surface area is 111 Å². The molecule has 1 heterocycles. The first-order valence-electron chi connectivity index (χ1n) is 6.12. The Kier molecular flexibility index (Phi) is 5.77. The number of nitrogens with one attached hydrogen (secondary N) is 3. The highest BCUT2D eigenvalue weighted by molar-refractivity contribution is 5.82. The number of urea groups is 1. The molecule has 2 amide bonds. The molecule has 1 atom stereocenters. The minimum absolute atomic E-state index is 0.169. The molecule has 1 rings (SSSR count). The summed E-state index contributed by atoms with van der Waals surface area (Å²) < 4.78 is 0. The van der Waals surface area contributed by atoms with Crippen molar-refractivity contribution < 1.29 is 14.7 Å². The lowest BCUT2D eigenvalue weighted by atomic mass is 10.1. The molecule has 0 spiro atoms. The van der Waals surface area contributed by atoms with E-state index < -0.39 is 18.0 Å². The fourth-order valence-corrected chi connectivity index (χ4v) is 1.51. The van der Waals surface area contributed by atoms with Crippen LogP contribution in [0, 0.1) is 5.92 Å². The number of carbonyl (C=O) groups is 2. The summed E-state index contributed by atoms with van der Waals surface area (Å²) in [5.74, 6) is -0.447. The maximum Gasteiger partial charge on any atom is 0.326 e. The summed E-state index contributed by atoms with van der Waals surface area (Å²) in [6, 6.07) is -1.35. The van der Waals surface area contributed by atoms with Gasteiger partial charge in [-0.05, 0) is 12.3 Å². The predicted molar refractivity (Wildman–Crippen MR) is 67.5 cm³/mol. The van der Waals surface area contributed by atoms with Crippen LogP contribution in [0.4, 0.5) is 4.79 Å². The normalized spacial score (nSPS) is 12.2. The number of carbonyl (C=O) groups excluding carboxylic acids is 1. The van der Waals surface area contributed by atoms with Crippen molar-refractivity contribution in [3.8, 4) is 0 Å². The maximum absolute atomic E-state index is 11.5. The lowest BCUT2D eigenvalue weighted by Gasteiger charge is -2.18. The van der Waals surface area contributed by atoms with Crippen molar-refractivity contribution in [2.45, 2.75) is 32.7 Å². The number of hydrogen-bond donors (Lipinski definition) is 4. The van der Waals surface area contributed by atoms with E-state index in [-0.39, 0.29) is 5.92 Å². The van der Waals surface area contributed by atoms with Gasteiger partial charge in [-0.2, -0.15) is 5.10 Å². The summed E-state index contributed by atoms with van der Waals surface area (Å²) in [6.07, 6.45) is 2.80. The van der Waals surface area contributed by atoms with Crippen molar-refractivity contribution in [3.63, 3.8) is 0 Å². The summed E-state index contributed by atoms with van der Waals surface area (Å²) in [6.45, 7) is 3.92. The van der Waals surface area contributed by atoms with Gasteiger partial charge in [-0.15, -0.1) is 0 Å². The van der Waals surface area contributed by atoms with Crippen LogP contribution in [-0.2, 0) is 11.2 Å². The van der Waals surface area contributed by atoms with E-state index in [4.69, 9.17) is 5.11 Å². The minimum atomic E-state index is -1.04. The van der Waals surface area contributed by atoms with Crippen molar-refractivity contribution in [3.05, 3.63) is 12.2 Å². The molecule has 1 aromatic rings. The molecule has 8 nitrogen and oxygen atoms in total. The van der Waals surface area contributed by atoms with Crippen LogP contribution in [0.3, 0.4) is 0 Å². The number of rotatable bonds is 7. The van der Waals surface area contributed by atoms with Gasteiger partial charge in [0.05, 0.1) is 0 Å². The van der Waals surface area contributed by atoms with E-state index in [0.717, 1.165) is 5.82 Å². The molecule has 106 valence electrons. The van der Waals surface area contributed by atoms with Gasteiger partial charge in [0.1, 0.15) is 18.2 Å². The molecule has 0 aliphatic heterocycles. The fraction of sp³-hybridized carbons (Fsp3) is 0.636. The Balaban J connectivity index is 2.21. The van der Waals surface area contributed by atoms with Gasteiger partial charge in [0.15, 0.2) is 0 Å². The molecule has 4 N–H and O–H groups in total. The summed E-state index contributed by atoms with van der Waals surface area (Å²) in [5, 5.41) is 20.4. The van der Waals surface area contributed by atoms with Crippen molar-refractivity contribution in [1.82, 2.24) is 25.8 Å². The van der Waals surface area contributed by atoms with E-state index in [1.807, 2.05) is 0 Å². The first-order chi connectivity index (χ1) is 9.00. The minimum Gasteiger partial charge on any atom is -0.480 e. The van der Waals surface area contributed by atoms with Gasteiger partial charge < -0.3 is 15.7 Å². The van der Waals surface area contributed by atoms with E-state index in [1.54, 1.807) is 13.8 Å². The fourth-order valence-electron chi connectivity index (χ4n) is 1.51. The summed E-state index contributed by atoms with van der Waals surface area (Å²) in [7, 11) is 0. The van der Waals surface area contributed by atoms with E-state index in [9.17, 15) is 9.59 Å². The molecule has 0 saturated carbocycles. The van der Waals surface area contributed by atoms with Gasteiger partial charge in [-0.3, -0.25) is 5.10 Å². The summed E-state index contributed by atoms with van der Waals surface area (Å²) >= 11 is 0. The van der Waals surface area contributed by atoms with Gasteiger partial charge >= 0.3 is 12.0 Å². The highest BCUT2D eigenvalue weighted by atomic mass is 16.4. The van der Waals surface area contributed by atoms with Gasteiger partial charge in [0, 0.05) is 13.0 Å². The van der Waals surface area contributed by atoms with Crippen LogP contribution in [0.15, 0.2) is 6.33 Å². The number of carboxylic acid groups (broad SMARTS) is 1. The lowest BCUT2D eigenvalue weighted by Crippen LogP contribution is -2.48. The number of nitrogens with zero attached hydrogens (tertiary/aromatic N) is 2. The first-order valence-corrected chi connectivity index (χ1v) is 6.12. The Bertz CT molecular complexity index is 404. The second kappa shape index (κ2) is 7.34. The monoisotopic (exact) mass is 269 g/mol. The predicted octanol–water partition coefficient (Wildman–Crippen LogP) is 0.146. The van der Waals surface area contributed by atoms with Crippen molar-refractivity contribution in [2.75, 3.05) is 6.54 Å². The number of H-pyrrole nitrogens is 1. The van der Waals surface area contributed by atoms with Crippen LogP contribution < -0.4 is 10.6 Å². The highest BCUT2D eigenvalue weighted by Gasteiger charge is 2.22. The molecule has 8 heteroatoms. The van der Waals surface area contributed by atoms with Crippen LogP contribution in [0.25, 0.3) is 0 Å². The summed E-state index contributed by atoms with van der Waals surface area (Å²) in [5.41, 5.74) is 0. The van der Waals surface area contributed by atoms with E-state index in [0.29, 0.717) is 19.4 Å². The molecule has 0 fully saturated rings. The summed E-state index contributed by atoms with van der Waals surface area (Å²) in [4.78, 5) is 26.4. The van der Waals surface area contributed by atoms with E-state index in [1.165, 1.54) is 6.33 Å². The third-order valence-corrected chi connectivity index (χ3v) is 2.56. The third-order valence-electron chi connectivity index (χ3n) is 2.56. The lowest BCUT2D eigenvalue weighted by molar-refractivity contribution is -0.140. The molecule has 0 saturated heterocycles. The van der Waals surface area contributed by atoms with Crippen LogP contribution in [0.1, 0.15) is 26.1 Å². The number of aliphatic carboxylic acids is 1. The second-order valence-electron chi connectivity index (χ2n) is 4.50. The molecule has 0 aliphatic rings. The topological polar surface area (TPSA) is 120 Å². The van der Waals surface area contributed by atoms with Crippen LogP contribution in [0.5, 0.6) is 0 Å². The highest BCUT2D eigenvalue weighted by Crippen LogP contribution is 2.01. The molecule has 1 aromatic heterocycles. The number of amides is 2. The van der Waals surface area contributed by atoms with Crippen molar-refractivity contribution in [1.29, 1.82) is 0 Å². The Morgan fingerprint density at radius 2 is 2.21 bits per heavy atom. The smallest absolute Gasteiger partial charge is 0.326 e. The number of hydrogen-bond acceptors (Lipinski definition) is 4. The molecule has 19 heavy (non-hydrogen) atoms. The standard InChI is InChI=1S/C11H19N5O3/c1-7(2)9(10(17)18)15-11(19)12-5-3-4-8-13-6-14-16-8/h6-7,9H,3-5H2,1-2H3,(H,17,18)(H2,12,15,19)(H,13,14,16). The molecule has 0 radical (unpaired) electrons. The van der Waals surface area contributed by atoms with Crippen molar-refractivity contribution in [2.24, 2.45) is 5.92 Å². The van der Waals surface area contributed by atoms with Crippen LogP contribution >= 0.6 is 0 Å². The number of carboxylic acids is 1. The third kappa shape index (κ3) is 5.36. The quantitative estimate of drug-likeness (QED) is 0.525. The van der Waals surface area contributed by atoms with Gasteiger partial charge in [0.25, 0.3) is 0 Å². The van der Waals surface area contributed by atoms with Crippen LogP contribution in [0.2, 0.25) is 0 Å². The zero-order valence-electron chi connectivity index (χ0n) is 11.0. The van der Waals surface area contributed by atoms with E-state index >= 15 is 0 Å².